The summed E-state index contributed by atoms with van der Waals surface area (Å²) in [5, 5.41) is 10.0. The number of aromatic nitrogens is 2. The van der Waals surface area contributed by atoms with Crippen molar-refractivity contribution in [2.75, 3.05) is 18.4 Å². The van der Waals surface area contributed by atoms with Gasteiger partial charge in [-0.3, -0.25) is 10.2 Å². The van der Waals surface area contributed by atoms with Crippen LogP contribution in [0.4, 0.5) is 19.4 Å². The smallest absolute Gasteiger partial charge is 0.320 e. The molecule has 0 bridgehead atoms. The molecule has 146 valence electrons. The number of rotatable bonds is 6. The summed E-state index contributed by atoms with van der Waals surface area (Å²) < 4.78 is 28.4. The maximum atomic E-state index is 13.3. The summed E-state index contributed by atoms with van der Waals surface area (Å²) in [4.78, 5) is 14.4. The molecule has 1 saturated heterocycles. The zero-order valence-electron chi connectivity index (χ0n) is 15.4. The monoisotopic (exact) mass is 377 g/mol. The van der Waals surface area contributed by atoms with E-state index in [1.165, 1.54) is 12.1 Å². The van der Waals surface area contributed by atoms with Gasteiger partial charge in [-0.25, -0.2) is 18.3 Å². The van der Waals surface area contributed by atoms with Crippen LogP contribution >= 0.6 is 0 Å². The van der Waals surface area contributed by atoms with E-state index in [4.69, 9.17) is 0 Å². The van der Waals surface area contributed by atoms with Crippen LogP contribution < -0.4 is 10.6 Å². The number of nitrogens with zero attached hydrogens (tertiary/aromatic N) is 3. The number of benzene rings is 1. The van der Waals surface area contributed by atoms with Crippen LogP contribution in [0.5, 0.6) is 0 Å². The number of aryl methyl sites for hydroxylation is 1. The molecule has 1 aromatic heterocycles. The maximum absolute atomic E-state index is 13.3. The summed E-state index contributed by atoms with van der Waals surface area (Å²) in [6.07, 6.45) is 4.18. The number of likely N-dealkylation sites (tertiary alicyclic amines) is 1. The third-order valence-corrected chi connectivity index (χ3v) is 4.64. The molecule has 0 saturated carbocycles. The van der Waals surface area contributed by atoms with Crippen molar-refractivity contribution in [3.8, 4) is 0 Å². The van der Waals surface area contributed by atoms with E-state index >= 15 is 0 Å². The SMILES string of the molecule is CCCn1nccc1NC(=O)NC1CCN(Cc2cc(F)cc(F)c2)CC1. The summed E-state index contributed by atoms with van der Waals surface area (Å²) in [6.45, 7) is 4.83. The third-order valence-electron chi connectivity index (χ3n) is 4.64. The summed E-state index contributed by atoms with van der Waals surface area (Å²) in [6, 6.07) is 5.22. The Morgan fingerprint density at radius 2 is 1.93 bits per heavy atom. The normalized spacial score (nSPS) is 15.7. The van der Waals surface area contributed by atoms with Crippen LogP contribution in [0.3, 0.4) is 0 Å². The van der Waals surface area contributed by atoms with Gasteiger partial charge in [0.1, 0.15) is 17.5 Å². The first kappa shape index (κ1) is 19.3. The molecule has 0 radical (unpaired) electrons. The van der Waals surface area contributed by atoms with Gasteiger partial charge < -0.3 is 5.32 Å². The predicted octanol–water partition coefficient (Wildman–Crippen LogP) is 3.36. The molecule has 3 rings (SSSR count). The number of hydrogen-bond acceptors (Lipinski definition) is 3. The molecule has 0 unspecified atom stereocenters. The highest BCUT2D eigenvalue weighted by molar-refractivity contribution is 5.88. The van der Waals surface area contributed by atoms with E-state index < -0.39 is 11.6 Å². The zero-order chi connectivity index (χ0) is 19.2. The fraction of sp³-hybridized carbons (Fsp3) is 0.474. The molecular weight excluding hydrogens is 352 g/mol. The maximum Gasteiger partial charge on any atom is 0.320 e. The first-order chi connectivity index (χ1) is 13.0. The lowest BCUT2D eigenvalue weighted by Gasteiger charge is -2.32. The molecule has 0 spiro atoms. The molecule has 0 atom stereocenters. The Morgan fingerprint density at radius 1 is 1.22 bits per heavy atom. The molecule has 0 aliphatic carbocycles. The Balaban J connectivity index is 1.45. The number of anilines is 1. The number of hydrogen-bond donors (Lipinski definition) is 2. The largest absolute Gasteiger partial charge is 0.335 e. The van der Waals surface area contributed by atoms with E-state index in [0.29, 0.717) is 17.9 Å². The lowest BCUT2D eigenvalue weighted by molar-refractivity contribution is 0.189. The van der Waals surface area contributed by atoms with Crippen molar-refractivity contribution in [1.82, 2.24) is 20.0 Å². The zero-order valence-corrected chi connectivity index (χ0v) is 15.4. The van der Waals surface area contributed by atoms with Gasteiger partial charge in [0, 0.05) is 44.4 Å². The second-order valence-electron chi connectivity index (χ2n) is 6.87. The van der Waals surface area contributed by atoms with Gasteiger partial charge >= 0.3 is 6.03 Å². The van der Waals surface area contributed by atoms with Gasteiger partial charge in [0.2, 0.25) is 0 Å². The number of halogens is 2. The second kappa shape index (κ2) is 8.94. The van der Waals surface area contributed by atoms with Crippen LogP contribution in [0.15, 0.2) is 30.5 Å². The van der Waals surface area contributed by atoms with Crippen molar-refractivity contribution in [2.24, 2.45) is 0 Å². The molecule has 1 fully saturated rings. The van der Waals surface area contributed by atoms with Gasteiger partial charge in [0.05, 0.1) is 6.20 Å². The summed E-state index contributed by atoms with van der Waals surface area (Å²) in [7, 11) is 0. The summed E-state index contributed by atoms with van der Waals surface area (Å²) in [5.74, 6) is -0.430. The molecule has 1 aromatic carbocycles. The fourth-order valence-electron chi connectivity index (χ4n) is 3.36. The second-order valence-corrected chi connectivity index (χ2v) is 6.87. The fourth-order valence-corrected chi connectivity index (χ4v) is 3.36. The number of urea groups is 1. The van der Waals surface area contributed by atoms with E-state index in [0.717, 1.165) is 45.0 Å². The van der Waals surface area contributed by atoms with Gasteiger partial charge in [0.25, 0.3) is 0 Å². The number of carbonyl (C=O) groups excluding carboxylic acids is 1. The Morgan fingerprint density at radius 3 is 2.59 bits per heavy atom. The lowest BCUT2D eigenvalue weighted by Crippen LogP contribution is -2.45. The van der Waals surface area contributed by atoms with Crippen LogP contribution in [0.2, 0.25) is 0 Å². The molecule has 2 N–H and O–H groups in total. The van der Waals surface area contributed by atoms with Crippen LogP contribution in [-0.4, -0.2) is 39.8 Å². The third kappa shape index (κ3) is 5.50. The van der Waals surface area contributed by atoms with Gasteiger partial charge in [-0.15, -0.1) is 0 Å². The highest BCUT2D eigenvalue weighted by Crippen LogP contribution is 2.16. The van der Waals surface area contributed by atoms with Crippen LogP contribution in [0, 0.1) is 11.6 Å². The minimum Gasteiger partial charge on any atom is -0.335 e. The first-order valence-corrected chi connectivity index (χ1v) is 9.30. The molecule has 8 heteroatoms. The molecule has 27 heavy (non-hydrogen) atoms. The van der Waals surface area contributed by atoms with Crippen molar-refractivity contribution in [3.63, 3.8) is 0 Å². The number of amides is 2. The van der Waals surface area contributed by atoms with Gasteiger partial charge in [-0.1, -0.05) is 6.92 Å². The summed E-state index contributed by atoms with van der Waals surface area (Å²) >= 11 is 0. The quantitative estimate of drug-likeness (QED) is 0.812. The van der Waals surface area contributed by atoms with Crippen LogP contribution in [0.1, 0.15) is 31.7 Å². The molecule has 6 nitrogen and oxygen atoms in total. The highest BCUT2D eigenvalue weighted by Gasteiger charge is 2.21. The van der Waals surface area contributed by atoms with E-state index in [1.54, 1.807) is 16.9 Å². The van der Waals surface area contributed by atoms with Crippen LogP contribution in [-0.2, 0) is 13.1 Å². The molecule has 2 amide bonds. The van der Waals surface area contributed by atoms with Gasteiger partial charge in [-0.2, -0.15) is 5.10 Å². The Bertz CT molecular complexity index is 751. The first-order valence-electron chi connectivity index (χ1n) is 9.30. The van der Waals surface area contributed by atoms with Crippen molar-refractivity contribution in [1.29, 1.82) is 0 Å². The number of piperidine rings is 1. The predicted molar refractivity (Wildman–Crippen MR) is 99.3 cm³/mol. The average Bonchev–Trinajstić information content (AvgIpc) is 3.03. The van der Waals surface area contributed by atoms with E-state index in [9.17, 15) is 13.6 Å². The van der Waals surface area contributed by atoms with Crippen LogP contribution in [0.25, 0.3) is 0 Å². The lowest BCUT2D eigenvalue weighted by atomic mass is 10.0. The topological polar surface area (TPSA) is 62.2 Å². The van der Waals surface area contributed by atoms with Crippen molar-refractivity contribution in [3.05, 3.63) is 47.7 Å². The minimum atomic E-state index is -0.555. The Hall–Kier alpha value is -2.48. The van der Waals surface area contributed by atoms with Crippen molar-refractivity contribution in [2.45, 2.75) is 45.3 Å². The molecule has 1 aliphatic rings. The highest BCUT2D eigenvalue weighted by atomic mass is 19.1. The van der Waals surface area contributed by atoms with E-state index in [1.807, 2.05) is 0 Å². The van der Waals surface area contributed by atoms with Crippen molar-refractivity contribution >= 4 is 11.8 Å². The number of carbonyl (C=O) groups is 1. The standard InChI is InChI=1S/C19H25F2N5O/c1-2-7-26-18(3-6-22-26)24-19(27)23-17-4-8-25(9-5-17)13-14-10-15(20)12-16(21)11-14/h3,6,10-12,17H,2,4-5,7-9,13H2,1H3,(H2,23,24,27). The van der Waals surface area contributed by atoms with Gasteiger partial charge in [-0.05, 0) is 37.0 Å². The summed E-state index contributed by atoms with van der Waals surface area (Å²) in [5.41, 5.74) is 0.626. The average molecular weight is 377 g/mol. The molecular formula is C19H25F2N5O. The molecule has 1 aliphatic heterocycles. The van der Waals surface area contributed by atoms with E-state index in [-0.39, 0.29) is 12.1 Å². The Kier molecular flexibility index (Phi) is 6.39. The Labute approximate surface area is 157 Å². The van der Waals surface area contributed by atoms with E-state index in [2.05, 4.69) is 27.6 Å². The number of nitrogens with one attached hydrogen (secondary N) is 2. The molecule has 2 heterocycles. The minimum absolute atomic E-state index is 0.0769. The van der Waals surface area contributed by atoms with Gasteiger partial charge in [0.15, 0.2) is 0 Å². The molecule has 2 aromatic rings. The van der Waals surface area contributed by atoms with Crippen molar-refractivity contribution < 1.29 is 13.6 Å².